The van der Waals surface area contributed by atoms with Gasteiger partial charge in [-0.3, -0.25) is 0 Å². The summed E-state index contributed by atoms with van der Waals surface area (Å²) < 4.78 is 10.0. The van der Waals surface area contributed by atoms with Crippen LogP contribution in [-0.4, -0.2) is 29.8 Å². The molecule has 0 unspecified atom stereocenters. The summed E-state index contributed by atoms with van der Waals surface area (Å²) in [6.07, 6.45) is 5.26. The second kappa shape index (κ2) is 6.08. The van der Waals surface area contributed by atoms with Gasteiger partial charge in [0.25, 0.3) is 0 Å². The summed E-state index contributed by atoms with van der Waals surface area (Å²) in [6.45, 7) is 7.54. The molecule has 1 N–H and O–H groups in total. The molecule has 1 saturated carbocycles. The number of hydrogen-bond donors (Lipinski definition) is 1. The summed E-state index contributed by atoms with van der Waals surface area (Å²) >= 11 is 0. The van der Waals surface area contributed by atoms with Gasteiger partial charge in [0.1, 0.15) is 5.60 Å². The van der Waals surface area contributed by atoms with E-state index in [2.05, 4.69) is 5.32 Å². The zero-order valence-corrected chi connectivity index (χ0v) is 12.1. The SMILES string of the molecule is CCOC(=O)C=CC1(NC(=O)OC(C)(C)C)CCC1. The van der Waals surface area contributed by atoms with Gasteiger partial charge in [-0.05, 0) is 47.0 Å². The van der Waals surface area contributed by atoms with Crippen molar-refractivity contribution in [2.24, 2.45) is 0 Å². The molecule has 108 valence electrons. The maximum atomic E-state index is 11.8. The monoisotopic (exact) mass is 269 g/mol. The molecule has 1 amide bonds. The third-order valence-electron chi connectivity index (χ3n) is 2.82. The smallest absolute Gasteiger partial charge is 0.408 e. The van der Waals surface area contributed by atoms with Crippen LogP contribution in [0.15, 0.2) is 12.2 Å². The highest BCUT2D eigenvalue weighted by atomic mass is 16.6. The average molecular weight is 269 g/mol. The molecule has 0 heterocycles. The van der Waals surface area contributed by atoms with Crippen LogP contribution in [0.3, 0.4) is 0 Å². The lowest BCUT2D eigenvalue weighted by atomic mass is 9.76. The number of carbonyl (C=O) groups is 2. The molecule has 19 heavy (non-hydrogen) atoms. The fourth-order valence-corrected chi connectivity index (χ4v) is 1.82. The molecule has 0 bridgehead atoms. The van der Waals surface area contributed by atoms with Crippen molar-refractivity contribution in [3.8, 4) is 0 Å². The van der Waals surface area contributed by atoms with E-state index in [-0.39, 0.29) is 5.97 Å². The van der Waals surface area contributed by atoms with Crippen LogP contribution in [0.2, 0.25) is 0 Å². The second-order valence-corrected chi connectivity index (χ2v) is 5.72. The van der Waals surface area contributed by atoms with Crippen molar-refractivity contribution in [3.63, 3.8) is 0 Å². The van der Waals surface area contributed by atoms with E-state index in [1.165, 1.54) is 6.08 Å². The zero-order chi connectivity index (χ0) is 14.5. The molecule has 0 aromatic heterocycles. The maximum absolute atomic E-state index is 11.8. The van der Waals surface area contributed by atoms with Crippen LogP contribution in [0.4, 0.5) is 4.79 Å². The van der Waals surface area contributed by atoms with Crippen molar-refractivity contribution in [2.45, 2.75) is 58.1 Å². The first-order chi connectivity index (χ1) is 8.76. The lowest BCUT2D eigenvalue weighted by Gasteiger charge is -2.40. The summed E-state index contributed by atoms with van der Waals surface area (Å²) in [6, 6.07) is 0. The van der Waals surface area contributed by atoms with Gasteiger partial charge in [0.2, 0.25) is 0 Å². The van der Waals surface area contributed by atoms with E-state index < -0.39 is 17.2 Å². The highest BCUT2D eigenvalue weighted by molar-refractivity contribution is 5.82. The van der Waals surface area contributed by atoms with Crippen molar-refractivity contribution in [2.75, 3.05) is 6.61 Å². The van der Waals surface area contributed by atoms with Crippen LogP contribution < -0.4 is 5.32 Å². The van der Waals surface area contributed by atoms with Crippen LogP contribution >= 0.6 is 0 Å². The predicted octanol–water partition coefficient (Wildman–Crippen LogP) is 2.55. The van der Waals surface area contributed by atoms with E-state index in [0.29, 0.717) is 6.61 Å². The Kier molecular flexibility index (Phi) is 4.97. The van der Waals surface area contributed by atoms with Crippen molar-refractivity contribution in [1.29, 1.82) is 0 Å². The third-order valence-corrected chi connectivity index (χ3v) is 2.82. The number of hydrogen-bond acceptors (Lipinski definition) is 4. The van der Waals surface area contributed by atoms with E-state index in [0.717, 1.165) is 19.3 Å². The molecular weight excluding hydrogens is 246 g/mol. The Morgan fingerprint density at radius 3 is 2.37 bits per heavy atom. The predicted molar refractivity (Wildman–Crippen MR) is 71.7 cm³/mol. The molecule has 0 aromatic rings. The summed E-state index contributed by atoms with van der Waals surface area (Å²) in [5.41, 5.74) is -0.991. The largest absolute Gasteiger partial charge is 0.463 e. The number of nitrogens with one attached hydrogen (secondary N) is 1. The van der Waals surface area contributed by atoms with Crippen molar-refractivity contribution < 1.29 is 19.1 Å². The molecule has 1 aliphatic carbocycles. The molecule has 0 atom stereocenters. The first-order valence-corrected chi connectivity index (χ1v) is 6.63. The van der Waals surface area contributed by atoms with E-state index in [9.17, 15) is 9.59 Å². The molecule has 0 radical (unpaired) electrons. The van der Waals surface area contributed by atoms with E-state index >= 15 is 0 Å². The van der Waals surface area contributed by atoms with E-state index in [1.54, 1.807) is 13.0 Å². The third kappa shape index (κ3) is 5.32. The minimum atomic E-state index is -0.528. The Bertz CT molecular complexity index is 364. The molecule has 5 heteroatoms. The normalized spacial score (nSPS) is 17.7. The molecule has 1 rings (SSSR count). The van der Waals surface area contributed by atoms with E-state index in [4.69, 9.17) is 9.47 Å². The summed E-state index contributed by atoms with van der Waals surface area (Å²) in [7, 11) is 0. The highest BCUT2D eigenvalue weighted by Crippen LogP contribution is 2.33. The molecule has 0 saturated heterocycles. The van der Waals surface area contributed by atoms with Crippen LogP contribution in [0.5, 0.6) is 0 Å². The number of carbonyl (C=O) groups excluding carboxylic acids is 2. The Hall–Kier alpha value is -1.52. The molecule has 0 spiro atoms. The fraction of sp³-hybridized carbons (Fsp3) is 0.714. The second-order valence-electron chi connectivity index (χ2n) is 5.72. The van der Waals surface area contributed by atoms with Crippen molar-refractivity contribution in [3.05, 3.63) is 12.2 Å². The zero-order valence-electron chi connectivity index (χ0n) is 12.1. The van der Waals surface area contributed by atoms with Gasteiger partial charge in [-0.15, -0.1) is 0 Å². The Labute approximate surface area is 114 Å². The van der Waals surface area contributed by atoms with Gasteiger partial charge in [0.05, 0.1) is 12.1 Å². The number of esters is 1. The van der Waals surface area contributed by atoms with Crippen LogP contribution in [-0.2, 0) is 14.3 Å². The summed E-state index contributed by atoms with van der Waals surface area (Å²) in [4.78, 5) is 23.0. The molecule has 0 aliphatic heterocycles. The number of ether oxygens (including phenoxy) is 2. The van der Waals surface area contributed by atoms with E-state index in [1.807, 2.05) is 20.8 Å². The Balaban J connectivity index is 2.56. The number of alkyl carbamates (subject to hydrolysis) is 1. The lowest BCUT2D eigenvalue weighted by molar-refractivity contribution is -0.137. The van der Waals surface area contributed by atoms with Gasteiger partial charge in [-0.25, -0.2) is 9.59 Å². The average Bonchev–Trinajstić information content (AvgIpc) is 2.19. The topological polar surface area (TPSA) is 64.6 Å². The number of rotatable bonds is 4. The first-order valence-electron chi connectivity index (χ1n) is 6.63. The first kappa shape index (κ1) is 15.5. The molecule has 1 fully saturated rings. The maximum Gasteiger partial charge on any atom is 0.408 e. The van der Waals surface area contributed by atoms with Gasteiger partial charge in [0.15, 0.2) is 0 Å². The van der Waals surface area contributed by atoms with Gasteiger partial charge in [-0.1, -0.05) is 6.08 Å². The standard InChI is InChI=1S/C14H23NO4/c1-5-18-11(16)7-10-14(8-6-9-14)15-12(17)19-13(2,3)4/h7,10H,5-6,8-9H2,1-4H3,(H,15,17). The molecule has 5 nitrogen and oxygen atoms in total. The summed E-state index contributed by atoms with van der Waals surface area (Å²) in [5, 5.41) is 2.83. The summed E-state index contributed by atoms with van der Waals surface area (Å²) in [5.74, 6) is -0.389. The molecule has 1 aliphatic rings. The minimum absolute atomic E-state index is 0.343. The van der Waals surface area contributed by atoms with Gasteiger partial charge < -0.3 is 14.8 Å². The quantitative estimate of drug-likeness (QED) is 0.629. The Morgan fingerprint density at radius 2 is 1.95 bits per heavy atom. The van der Waals surface area contributed by atoms with Gasteiger partial charge >= 0.3 is 12.1 Å². The Morgan fingerprint density at radius 1 is 1.32 bits per heavy atom. The fourth-order valence-electron chi connectivity index (χ4n) is 1.82. The molecule has 0 aromatic carbocycles. The lowest BCUT2D eigenvalue weighted by Crippen LogP contribution is -2.53. The van der Waals surface area contributed by atoms with Gasteiger partial charge in [-0.2, -0.15) is 0 Å². The van der Waals surface area contributed by atoms with Crippen molar-refractivity contribution in [1.82, 2.24) is 5.32 Å². The minimum Gasteiger partial charge on any atom is -0.463 e. The van der Waals surface area contributed by atoms with Crippen LogP contribution in [0.1, 0.15) is 47.0 Å². The van der Waals surface area contributed by atoms with Crippen LogP contribution in [0.25, 0.3) is 0 Å². The van der Waals surface area contributed by atoms with Gasteiger partial charge in [0, 0.05) is 6.08 Å². The number of amides is 1. The van der Waals surface area contributed by atoms with Crippen molar-refractivity contribution >= 4 is 12.1 Å². The van der Waals surface area contributed by atoms with Crippen LogP contribution in [0, 0.1) is 0 Å². The highest BCUT2D eigenvalue weighted by Gasteiger charge is 2.37. The molecular formula is C14H23NO4.